The molecule has 0 aromatic rings. The van der Waals surface area contributed by atoms with Crippen molar-refractivity contribution >= 4 is 24.2 Å². The standard InChI is InChI=1S/C41H80N2O4S.C12H26O/c1-3-5-7-9-14-20-27-39(28-21-15-10-8-6-4-2)47-41(45)29-22-16-13-18-24-34-43(33-23-17-11-12-19-25-36-44)35-26-32-42-48-40-30-37-46-38-31-40;1-4-6-7-8-9-10-11-12(5-2)13-3/h36,39-40,42H,3-35,37-38H2,1-2H3;12H,4-11H2,1-3H3. The van der Waals surface area contributed by atoms with Crippen LogP contribution in [-0.4, -0.2) is 81.1 Å². The van der Waals surface area contributed by atoms with Crippen LogP contribution in [0.2, 0.25) is 0 Å². The van der Waals surface area contributed by atoms with Crippen LogP contribution in [0.1, 0.15) is 265 Å². The second kappa shape index (κ2) is 50.3. The molecule has 7 nitrogen and oxygen atoms in total. The number of unbranched alkanes of at least 4 members (excludes halogenated alkanes) is 24. The Morgan fingerprint density at radius 1 is 0.607 bits per heavy atom. The van der Waals surface area contributed by atoms with Crippen molar-refractivity contribution in [2.24, 2.45) is 0 Å². The molecule has 0 bridgehead atoms. The largest absolute Gasteiger partial charge is 0.462 e. The summed E-state index contributed by atoms with van der Waals surface area (Å²) in [7, 11) is 1.82. The Balaban J connectivity index is 0.00000237. The highest BCUT2D eigenvalue weighted by molar-refractivity contribution is 7.98. The zero-order valence-corrected chi connectivity index (χ0v) is 42.4. The Hall–Kier alpha value is -0.670. The van der Waals surface area contributed by atoms with Crippen molar-refractivity contribution in [2.45, 2.75) is 283 Å². The molecule has 0 radical (unpaired) electrons. The lowest BCUT2D eigenvalue weighted by Gasteiger charge is -2.24. The van der Waals surface area contributed by atoms with Crippen molar-refractivity contribution < 1.29 is 23.8 Å². The monoisotopic (exact) mass is 883 g/mol. The Kier molecular flexibility index (Phi) is 49.8. The highest BCUT2D eigenvalue weighted by Gasteiger charge is 2.15. The first-order chi connectivity index (χ1) is 30.0. The van der Waals surface area contributed by atoms with Crippen molar-refractivity contribution in [1.29, 1.82) is 0 Å². The molecule has 1 aliphatic rings. The fourth-order valence-corrected chi connectivity index (χ4v) is 9.29. The Labute approximate surface area is 385 Å². The van der Waals surface area contributed by atoms with E-state index >= 15 is 0 Å². The number of hydrogen-bond donors (Lipinski definition) is 1. The van der Waals surface area contributed by atoms with Crippen molar-refractivity contribution in [3.63, 3.8) is 0 Å². The third kappa shape index (κ3) is 44.3. The number of hydrogen-bond acceptors (Lipinski definition) is 8. The van der Waals surface area contributed by atoms with E-state index in [0.29, 0.717) is 24.2 Å². The molecule has 364 valence electrons. The predicted octanol–water partition coefficient (Wildman–Crippen LogP) is 15.6. The minimum atomic E-state index is 0.0397. The molecule has 1 rings (SSSR count). The molecule has 1 N–H and O–H groups in total. The summed E-state index contributed by atoms with van der Waals surface area (Å²) < 4.78 is 20.5. The first-order valence-electron chi connectivity index (χ1n) is 26.9. The first-order valence-corrected chi connectivity index (χ1v) is 27.8. The van der Waals surface area contributed by atoms with Gasteiger partial charge in [-0.05, 0) is 103 Å². The third-order valence-electron chi connectivity index (χ3n) is 12.5. The van der Waals surface area contributed by atoms with Gasteiger partial charge in [-0.3, -0.25) is 9.52 Å². The molecular formula is C53H106N2O5S. The van der Waals surface area contributed by atoms with Gasteiger partial charge in [0.25, 0.3) is 0 Å². The van der Waals surface area contributed by atoms with Crippen LogP contribution in [-0.2, 0) is 23.8 Å². The van der Waals surface area contributed by atoms with E-state index in [0.717, 1.165) is 84.0 Å². The quantitative estimate of drug-likeness (QED) is 0.0280. The van der Waals surface area contributed by atoms with Gasteiger partial charge in [-0.15, -0.1) is 0 Å². The normalized spacial score (nSPS) is 13.8. The number of nitrogens with zero attached hydrogens (tertiary/aromatic N) is 1. The number of rotatable bonds is 46. The van der Waals surface area contributed by atoms with Gasteiger partial charge < -0.3 is 23.9 Å². The lowest BCUT2D eigenvalue weighted by atomic mass is 10.0. The highest BCUT2D eigenvalue weighted by Crippen LogP contribution is 2.20. The molecule has 1 atom stereocenters. The topological polar surface area (TPSA) is 77.1 Å². The van der Waals surface area contributed by atoms with E-state index < -0.39 is 0 Å². The number of carbonyl (C=O) groups is 2. The summed E-state index contributed by atoms with van der Waals surface area (Å²) in [4.78, 5) is 26.0. The van der Waals surface area contributed by atoms with Crippen molar-refractivity contribution in [3.8, 4) is 0 Å². The molecule has 1 saturated heterocycles. The molecule has 0 aromatic heterocycles. The van der Waals surface area contributed by atoms with E-state index in [1.807, 2.05) is 19.1 Å². The molecule has 61 heavy (non-hydrogen) atoms. The average Bonchev–Trinajstić information content (AvgIpc) is 3.27. The molecule has 0 aromatic carbocycles. The maximum atomic E-state index is 12.8. The van der Waals surface area contributed by atoms with Crippen LogP contribution >= 0.6 is 11.9 Å². The molecule has 0 aliphatic carbocycles. The average molecular weight is 884 g/mol. The van der Waals surface area contributed by atoms with Crippen LogP contribution < -0.4 is 4.72 Å². The third-order valence-corrected chi connectivity index (χ3v) is 13.7. The zero-order valence-electron chi connectivity index (χ0n) is 41.6. The maximum Gasteiger partial charge on any atom is 0.306 e. The van der Waals surface area contributed by atoms with Crippen molar-refractivity contribution in [3.05, 3.63) is 0 Å². The van der Waals surface area contributed by atoms with Crippen LogP contribution in [0.25, 0.3) is 0 Å². The number of carbonyl (C=O) groups excluding carboxylic acids is 2. The highest BCUT2D eigenvalue weighted by atomic mass is 32.2. The molecule has 0 spiro atoms. The van der Waals surface area contributed by atoms with Crippen LogP contribution in [0.4, 0.5) is 0 Å². The Morgan fingerprint density at radius 3 is 1.54 bits per heavy atom. The zero-order chi connectivity index (χ0) is 44.5. The number of aldehydes is 1. The first kappa shape index (κ1) is 60.3. The lowest BCUT2D eigenvalue weighted by molar-refractivity contribution is -0.150. The van der Waals surface area contributed by atoms with Gasteiger partial charge in [0.15, 0.2) is 0 Å². The molecule has 0 saturated carbocycles. The van der Waals surface area contributed by atoms with E-state index in [4.69, 9.17) is 14.2 Å². The van der Waals surface area contributed by atoms with Gasteiger partial charge in [0.2, 0.25) is 0 Å². The van der Waals surface area contributed by atoms with E-state index in [1.165, 1.54) is 186 Å². The van der Waals surface area contributed by atoms with Gasteiger partial charge in [-0.25, -0.2) is 0 Å². The van der Waals surface area contributed by atoms with Crippen molar-refractivity contribution in [1.82, 2.24) is 9.62 Å². The van der Waals surface area contributed by atoms with Gasteiger partial charge in [0.1, 0.15) is 12.4 Å². The van der Waals surface area contributed by atoms with Crippen LogP contribution in [0.5, 0.6) is 0 Å². The summed E-state index contributed by atoms with van der Waals surface area (Å²) in [6.45, 7) is 15.4. The number of methoxy groups -OCH3 is 1. The van der Waals surface area contributed by atoms with Gasteiger partial charge in [0.05, 0.1) is 6.10 Å². The fourth-order valence-electron chi connectivity index (χ4n) is 8.36. The minimum absolute atomic E-state index is 0.0397. The molecule has 8 heteroatoms. The second-order valence-corrected chi connectivity index (χ2v) is 19.5. The Morgan fingerprint density at radius 2 is 1.05 bits per heavy atom. The smallest absolute Gasteiger partial charge is 0.306 e. The van der Waals surface area contributed by atoms with Gasteiger partial charge in [-0.1, -0.05) is 181 Å². The van der Waals surface area contributed by atoms with E-state index in [9.17, 15) is 9.59 Å². The molecule has 1 heterocycles. The van der Waals surface area contributed by atoms with E-state index in [2.05, 4.69) is 37.3 Å². The summed E-state index contributed by atoms with van der Waals surface area (Å²) >= 11 is 1.92. The van der Waals surface area contributed by atoms with Gasteiger partial charge in [0, 0.05) is 45.0 Å². The molecule has 1 aliphatic heterocycles. The number of nitrogens with one attached hydrogen (secondary N) is 1. The molecule has 1 fully saturated rings. The van der Waals surface area contributed by atoms with Crippen LogP contribution in [0.15, 0.2) is 0 Å². The van der Waals surface area contributed by atoms with E-state index in [-0.39, 0.29) is 12.1 Å². The lowest BCUT2D eigenvalue weighted by Crippen LogP contribution is -2.29. The summed E-state index contributed by atoms with van der Waals surface area (Å²) in [5.74, 6) is 0.0397. The van der Waals surface area contributed by atoms with Gasteiger partial charge >= 0.3 is 5.97 Å². The second-order valence-electron chi connectivity index (χ2n) is 18.3. The fraction of sp³-hybridized carbons (Fsp3) is 0.962. The van der Waals surface area contributed by atoms with Crippen LogP contribution in [0, 0.1) is 0 Å². The van der Waals surface area contributed by atoms with Crippen LogP contribution in [0.3, 0.4) is 0 Å². The summed E-state index contributed by atoms with van der Waals surface area (Å²) in [5, 5.41) is 0.701. The van der Waals surface area contributed by atoms with Gasteiger partial charge in [-0.2, -0.15) is 0 Å². The summed E-state index contributed by atoms with van der Waals surface area (Å²) in [6.07, 6.45) is 46.6. The summed E-state index contributed by atoms with van der Waals surface area (Å²) in [5.41, 5.74) is 0. The molecule has 0 amide bonds. The maximum absolute atomic E-state index is 12.8. The number of esters is 1. The van der Waals surface area contributed by atoms with E-state index in [1.54, 1.807) is 0 Å². The Bertz CT molecular complexity index is 856. The number of ether oxygens (including phenoxy) is 3. The van der Waals surface area contributed by atoms with Crippen molar-refractivity contribution in [2.75, 3.05) is 46.5 Å². The summed E-state index contributed by atoms with van der Waals surface area (Å²) in [6, 6.07) is 0. The molecular weight excluding hydrogens is 777 g/mol. The SMILES string of the molecule is CCCCCCCCC(CC)OC.CCCCCCCCC(CCCCCCCC)OC(=O)CCCCCCCN(CCCCCCCC=O)CCCNSC1CCOCC1. The molecule has 1 unspecified atom stereocenters. The predicted molar refractivity (Wildman–Crippen MR) is 267 cm³/mol. The minimum Gasteiger partial charge on any atom is -0.462 e.